The van der Waals surface area contributed by atoms with Gasteiger partial charge in [0.1, 0.15) is 5.60 Å². The number of hydrogen-bond donors (Lipinski definition) is 3. The molecule has 1 unspecified atom stereocenters. The summed E-state index contributed by atoms with van der Waals surface area (Å²) >= 11 is 0. The van der Waals surface area contributed by atoms with Gasteiger partial charge in [-0.25, -0.2) is 9.52 Å². The molecule has 3 aliphatic rings. The van der Waals surface area contributed by atoms with Crippen molar-refractivity contribution >= 4 is 27.9 Å². The summed E-state index contributed by atoms with van der Waals surface area (Å²) in [7, 11) is -2.63. The third-order valence-electron chi connectivity index (χ3n) is 9.39. The lowest BCUT2D eigenvalue weighted by Crippen LogP contribution is -2.59. The largest absolute Gasteiger partial charge is 0.444 e. The van der Waals surface area contributed by atoms with Gasteiger partial charge in [0.25, 0.3) is 5.91 Å². The molecular formula is C30H49N5O6S. The molecule has 0 bridgehead atoms. The van der Waals surface area contributed by atoms with Crippen LogP contribution in [0.25, 0.3) is 0 Å². The molecule has 1 aromatic rings. The maximum Gasteiger partial charge on any atom is 0.410 e. The molecule has 0 aromatic heterocycles. The molecule has 236 valence electrons. The lowest BCUT2D eigenvalue weighted by atomic mass is 9.56. The summed E-state index contributed by atoms with van der Waals surface area (Å²) in [6.45, 7) is 12.7. The molecule has 2 amide bonds. The topological polar surface area (TPSA) is 132 Å². The van der Waals surface area contributed by atoms with Gasteiger partial charge in [-0.1, -0.05) is 32.3 Å². The van der Waals surface area contributed by atoms with Crippen molar-refractivity contribution in [1.29, 1.82) is 0 Å². The number of carbonyl (C=O) groups excluding carboxylic acids is 2. The lowest BCUT2D eigenvalue weighted by molar-refractivity contribution is -0.0452. The van der Waals surface area contributed by atoms with Gasteiger partial charge < -0.3 is 20.1 Å². The molecule has 4 rings (SSSR count). The lowest BCUT2D eigenvalue weighted by Gasteiger charge is -2.53. The van der Waals surface area contributed by atoms with E-state index in [0.29, 0.717) is 45.2 Å². The smallest absolute Gasteiger partial charge is 0.410 e. The van der Waals surface area contributed by atoms with Crippen molar-refractivity contribution in [3.05, 3.63) is 29.3 Å². The average Bonchev–Trinajstić information content (AvgIpc) is 2.93. The van der Waals surface area contributed by atoms with Crippen molar-refractivity contribution in [2.24, 2.45) is 5.92 Å². The van der Waals surface area contributed by atoms with Crippen LogP contribution in [0.3, 0.4) is 0 Å². The van der Waals surface area contributed by atoms with Gasteiger partial charge >= 0.3 is 16.3 Å². The predicted molar refractivity (Wildman–Crippen MR) is 163 cm³/mol. The first kappa shape index (κ1) is 32.5. The van der Waals surface area contributed by atoms with Crippen LogP contribution in [-0.2, 0) is 20.4 Å². The number of nitrogens with zero attached hydrogens (tertiary/aromatic N) is 3. The number of nitrogens with one attached hydrogen (secondary N) is 2. The molecule has 1 saturated heterocycles. The van der Waals surface area contributed by atoms with Gasteiger partial charge in [-0.15, -0.1) is 0 Å². The summed E-state index contributed by atoms with van der Waals surface area (Å²) in [5, 5.41) is 14.7. The molecule has 12 heteroatoms. The van der Waals surface area contributed by atoms with Crippen LogP contribution in [0.15, 0.2) is 18.2 Å². The molecule has 42 heavy (non-hydrogen) atoms. The quantitative estimate of drug-likeness (QED) is 0.431. The molecule has 1 aliphatic carbocycles. The summed E-state index contributed by atoms with van der Waals surface area (Å²) in [5.74, 6) is -0.370. The third-order valence-corrected chi connectivity index (χ3v) is 10.8. The average molecular weight is 608 g/mol. The van der Waals surface area contributed by atoms with Gasteiger partial charge in [0.05, 0.1) is 5.60 Å². The molecule has 1 aromatic carbocycles. The van der Waals surface area contributed by atoms with Crippen LogP contribution >= 0.6 is 0 Å². The van der Waals surface area contributed by atoms with Crippen LogP contribution in [0.5, 0.6) is 0 Å². The van der Waals surface area contributed by atoms with E-state index in [4.69, 9.17) is 4.74 Å². The Morgan fingerprint density at radius 1 is 1.12 bits per heavy atom. The molecule has 0 spiro atoms. The first-order valence-electron chi connectivity index (χ1n) is 15.1. The van der Waals surface area contributed by atoms with Gasteiger partial charge in [-0.05, 0) is 64.2 Å². The third kappa shape index (κ3) is 7.03. The molecule has 1 saturated carbocycles. The number of benzene rings is 1. The zero-order valence-corrected chi connectivity index (χ0v) is 26.8. The van der Waals surface area contributed by atoms with Crippen LogP contribution in [-0.4, -0.2) is 104 Å². The van der Waals surface area contributed by atoms with Crippen LogP contribution in [0.4, 0.5) is 10.5 Å². The number of β-amino-alcohol motifs (C(OH)–C–C–N with tert-alkyl or cyclic N) is 1. The highest BCUT2D eigenvalue weighted by Gasteiger charge is 2.53. The highest BCUT2D eigenvalue weighted by molar-refractivity contribution is 7.87. The second-order valence-electron chi connectivity index (χ2n) is 13.5. The van der Waals surface area contributed by atoms with Gasteiger partial charge in [0.2, 0.25) is 0 Å². The number of carbonyl (C=O) groups is 2. The maximum absolute atomic E-state index is 13.1. The number of fused-ring (bicyclic) bond motifs is 1. The normalized spacial score (nSPS) is 26.0. The summed E-state index contributed by atoms with van der Waals surface area (Å²) in [4.78, 5) is 29.1. The highest BCUT2D eigenvalue weighted by Crippen LogP contribution is 2.52. The van der Waals surface area contributed by atoms with Crippen molar-refractivity contribution in [3.8, 4) is 0 Å². The van der Waals surface area contributed by atoms with Crippen LogP contribution in [0, 0.1) is 5.92 Å². The Morgan fingerprint density at radius 2 is 1.76 bits per heavy atom. The number of ether oxygens (including phenoxy) is 1. The number of amides is 2. The van der Waals surface area contributed by atoms with E-state index < -0.39 is 32.7 Å². The molecule has 2 heterocycles. The van der Waals surface area contributed by atoms with Crippen LogP contribution < -0.4 is 10.0 Å². The number of anilines is 1. The van der Waals surface area contributed by atoms with E-state index >= 15 is 0 Å². The van der Waals surface area contributed by atoms with Gasteiger partial charge in [-0.3, -0.25) is 9.69 Å². The number of piperazine rings is 1. The van der Waals surface area contributed by atoms with Crippen LogP contribution in [0.1, 0.15) is 82.6 Å². The summed E-state index contributed by atoms with van der Waals surface area (Å²) < 4.78 is 34.8. The Kier molecular flexibility index (Phi) is 9.52. The van der Waals surface area contributed by atoms with Gasteiger partial charge in [0, 0.05) is 69.5 Å². The highest BCUT2D eigenvalue weighted by atomic mass is 32.2. The van der Waals surface area contributed by atoms with Crippen molar-refractivity contribution in [2.45, 2.75) is 83.3 Å². The van der Waals surface area contributed by atoms with Gasteiger partial charge in [-0.2, -0.15) is 12.7 Å². The van der Waals surface area contributed by atoms with Crippen molar-refractivity contribution in [1.82, 2.24) is 18.8 Å². The summed E-state index contributed by atoms with van der Waals surface area (Å²) in [6.07, 6.45) is 5.27. The Labute approximate surface area is 251 Å². The van der Waals surface area contributed by atoms with E-state index in [9.17, 15) is 23.1 Å². The van der Waals surface area contributed by atoms with E-state index in [2.05, 4.69) is 21.9 Å². The number of rotatable bonds is 7. The van der Waals surface area contributed by atoms with Crippen molar-refractivity contribution in [2.75, 3.05) is 58.2 Å². The SMILES string of the molecule is CN(CCN1CCN(C(=O)OC(C)(C)C)CC1)S(=O)(=O)NC(=O)c1ccc2c(c1)NCC(C)(O)[C@]2(C)C1CCCCC1. The number of hydrogen-bond acceptors (Lipinski definition) is 8. The Bertz CT molecular complexity index is 1250. The zero-order chi connectivity index (χ0) is 30.9. The minimum atomic E-state index is -4.07. The summed E-state index contributed by atoms with van der Waals surface area (Å²) in [6, 6.07) is 5.21. The Morgan fingerprint density at radius 3 is 2.38 bits per heavy atom. The molecule has 11 nitrogen and oxygen atoms in total. The van der Waals surface area contributed by atoms with E-state index in [1.165, 1.54) is 13.5 Å². The molecule has 2 fully saturated rings. The maximum atomic E-state index is 13.1. The van der Waals surface area contributed by atoms with E-state index in [1.54, 1.807) is 17.0 Å². The van der Waals surface area contributed by atoms with Crippen molar-refractivity contribution in [3.63, 3.8) is 0 Å². The fraction of sp³-hybridized carbons (Fsp3) is 0.733. The Hall–Kier alpha value is -2.41. The van der Waals surface area contributed by atoms with Gasteiger partial charge in [0.15, 0.2) is 0 Å². The first-order chi connectivity index (χ1) is 19.5. The number of likely N-dealkylation sites (N-methyl/N-ethyl adjacent to an activating group) is 1. The molecule has 0 radical (unpaired) electrons. The zero-order valence-electron chi connectivity index (χ0n) is 26.0. The standard InChI is InChI=1S/C30H49N5O6S/c1-28(2,3)41-27(37)35-18-16-34(17-19-35)15-14-33(6)42(39,40)32-26(36)22-12-13-24-25(20-22)31-21-29(4,38)30(24,5)23-10-8-7-9-11-23/h12-13,20,23,31,38H,7-11,14-19,21H2,1-6H3,(H,32,36)/t29?,30-/m1/s1. The fourth-order valence-electron chi connectivity index (χ4n) is 6.50. The van der Waals surface area contributed by atoms with E-state index in [-0.39, 0.29) is 18.2 Å². The predicted octanol–water partition coefficient (Wildman–Crippen LogP) is 3.16. The fourth-order valence-corrected chi connectivity index (χ4v) is 7.33. The number of aliphatic hydroxyl groups is 1. The minimum absolute atomic E-state index is 0.190. The minimum Gasteiger partial charge on any atom is -0.444 e. The second-order valence-corrected chi connectivity index (χ2v) is 15.3. The first-order valence-corrected chi connectivity index (χ1v) is 16.6. The van der Waals surface area contributed by atoms with Crippen LogP contribution in [0.2, 0.25) is 0 Å². The molecular weight excluding hydrogens is 558 g/mol. The molecule has 2 atom stereocenters. The monoisotopic (exact) mass is 607 g/mol. The second kappa shape index (κ2) is 12.3. The van der Waals surface area contributed by atoms with E-state index in [0.717, 1.165) is 41.2 Å². The summed E-state index contributed by atoms with van der Waals surface area (Å²) in [5.41, 5.74) is -0.0215. The Balaban J connectivity index is 1.35. The van der Waals surface area contributed by atoms with E-state index in [1.807, 2.05) is 33.8 Å². The van der Waals surface area contributed by atoms with Crippen molar-refractivity contribution < 1.29 is 27.9 Å². The molecule has 2 aliphatic heterocycles. The molecule has 3 N–H and O–H groups in total.